The quantitative estimate of drug-likeness (QED) is 0.683. The van der Waals surface area contributed by atoms with Crippen LogP contribution in [0.2, 0.25) is 0 Å². The Morgan fingerprint density at radius 2 is 1.77 bits per heavy atom. The lowest BCUT2D eigenvalue weighted by atomic mass is 10.1. The first-order chi connectivity index (χ1) is 12.7. The standard InChI is InChI=1S/C21H20N2O3/c22-13-15-5-3-8-17(11-15)19-9-4-10-20(23-19)26-14-18-7-2-1-6-16(18)12-21(24)25/h1-11H,12-14,22H2,(H,24,25). The van der Waals surface area contributed by atoms with Crippen molar-refractivity contribution in [2.75, 3.05) is 0 Å². The molecule has 3 N–H and O–H groups in total. The van der Waals surface area contributed by atoms with Gasteiger partial charge in [0, 0.05) is 18.2 Å². The fourth-order valence-electron chi connectivity index (χ4n) is 2.70. The lowest BCUT2D eigenvalue weighted by Crippen LogP contribution is -2.06. The van der Waals surface area contributed by atoms with Crippen molar-refractivity contribution in [1.82, 2.24) is 4.98 Å². The van der Waals surface area contributed by atoms with Gasteiger partial charge >= 0.3 is 5.97 Å². The second-order valence-corrected chi connectivity index (χ2v) is 5.89. The molecule has 5 nitrogen and oxygen atoms in total. The Hall–Kier alpha value is -3.18. The van der Waals surface area contributed by atoms with Crippen LogP contribution < -0.4 is 10.5 Å². The Morgan fingerprint density at radius 3 is 2.54 bits per heavy atom. The van der Waals surface area contributed by atoms with E-state index in [2.05, 4.69) is 4.98 Å². The van der Waals surface area contributed by atoms with E-state index >= 15 is 0 Å². The van der Waals surface area contributed by atoms with Crippen molar-refractivity contribution in [2.45, 2.75) is 19.6 Å². The van der Waals surface area contributed by atoms with Crippen molar-refractivity contribution >= 4 is 5.97 Å². The van der Waals surface area contributed by atoms with Gasteiger partial charge in [0.15, 0.2) is 0 Å². The monoisotopic (exact) mass is 348 g/mol. The molecule has 0 aliphatic rings. The van der Waals surface area contributed by atoms with Crippen LogP contribution in [0, 0.1) is 0 Å². The number of benzene rings is 2. The van der Waals surface area contributed by atoms with Crippen LogP contribution in [0.1, 0.15) is 16.7 Å². The number of nitrogens with zero attached hydrogens (tertiary/aromatic N) is 1. The summed E-state index contributed by atoms with van der Waals surface area (Å²) in [4.78, 5) is 15.5. The normalized spacial score (nSPS) is 10.5. The summed E-state index contributed by atoms with van der Waals surface area (Å²) in [5, 5.41) is 9.02. The highest BCUT2D eigenvalue weighted by atomic mass is 16.5. The minimum atomic E-state index is -0.864. The van der Waals surface area contributed by atoms with Crippen LogP contribution in [0.4, 0.5) is 0 Å². The highest BCUT2D eigenvalue weighted by molar-refractivity contribution is 5.70. The van der Waals surface area contributed by atoms with Gasteiger partial charge in [-0.05, 0) is 28.8 Å². The minimum Gasteiger partial charge on any atom is -0.481 e. The summed E-state index contributed by atoms with van der Waals surface area (Å²) in [6.45, 7) is 0.743. The third-order valence-electron chi connectivity index (χ3n) is 4.02. The third kappa shape index (κ3) is 4.46. The first-order valence-corrected chi connectivity index (χ1v) is 8.33. The Bertz CT molecular complexity index is 909. The molecule has 1 aromatic heterocycles. The molecule has 0 amide bonds. The summed E-state index contributed by atoms with van der Waals surface area (Å²) in [6, 6.07) is 20.9. The molecule has 0 bridgehead atoms. The van der Waals surface area contributed by atoms with Crippen LogP contribution in [-0.4, -0.2) is 16.1 Å². The van der Waals surface area contributed by atoms with Crippen LogP contribution in [0.3, 0.4) is 0 Å². The summed E-state index contributed by atoms with van der Waals surface area (Å²) in [7, 11) is 0. The Labute approximate surface area is 152 Å². The third-order valence-corrected chi connectivity index (χ3v) is 4.02. The Kier molecular flexibility index (Phi) is 5.61. The van der Waals surface area contributed by atoms with E-state index in [0.29, 0.717) is 12.4 Å². The smallest absolute Gasteiger partial charge is 0.307 e. The zero-order valence-electron chi connectivity index (χ0n) is 14.3. The summed E-state index contributed by atoms with van der Waals surface area (Å²) in [5.74, 6) is -0.372. The van der Waals surface area contributed by atoms with Gasteiger partial charge in [0.25, 0.3) is 0 Å². The number of carboxylic acids is 1. The predicted molar refractivity (Wildman–Crippen MR) is 99.7 cm³/mol. The van der Waals surface area contributed by atoms with E-state index in [1.165, 1.54) is 0 Å². The fraction of sp³-hybridized carbons (Fsp3) is 0.143. The van der Waals surface area contributed by atoms with Gasteiger partial charge in [-0.1, -0.05) is 48.5 Å². The maximum atomic E-state index is 11.0. The van der Waals surface area contributed by atoms with E-state index in [9.17, 15) is 4.79 Å². The van der Waals surface area contributed by atoms with Crippen molar-refractivity contribution in [3.8, 4) is 17.1 Å². The second-order valence-electron chi connectivity index (χ2n) is 5.89. The number of nitrogens with two attached hydrogens (primary N) is 1. The number of ether oxygens (including phenoxy) is 1. The first-order valence-electron chi connectivity index (χ1n) is 8.33. The van der Waals surface area contributed by atoms with Crippen LogP contribution in [-0.2, 0) is 24.4 Å². The van der Waals surface area contributed by atoms with Gasteiger partial charge in [-0.15, -0.1) is 0 Å². The van der Waals surface area contributed by atoms with E-state index < -0.39 is 5.97 Å². The van der Waals surface area contributed by atoms with Crippen molar-refractivity contribution in [2.24, 2.45) is 5.73 Å². The van der Waals surface area contributed by atoms with E-state index in [-0.39, 0.29) is 13.0 Å². The molecule has 5 heteroatoms. The minimum absolute atomic E-state index is 0.0289. The SMILES string of the molecule is NCc1cccc(-c2cccc(OCc3ccccc3CC(=O)O)n2)c1. The van der Waals surface area contributed by atoms with Gasteiger partial charge < -0.3 is 15.6 Å². The van der Waals surface area contributed by atoms with E-state index in [4.69, 9.17) is 15.6 Å². The summed E-state index contributed by atoms with van der Waals surface area (Å²) < 4.78 is 5.80. The molecule has 0 atom stereocenters. The lowest BCUT2D eigenvalue weighted by Gasteiger charge is -2.10. The van der Waals surface area contributed by atoms with Gasteiger partial charge in [-0.2, -0.15) is 0 Å². The number of carbonyl (C=O) groups is 1. The second kappa shape index (κ2) is 8.27. The van der Waals surface area contributed by atoms with Crippen molar-refractivity contribution < 1.29 is 14.6 Å². The predicted octanol–water partition coefficient (Wildman–Crippen LogP) is 3.41. The Balaban J connectivity index is 1.77. The van der Waals surface area contributed by atoms with Gasteiger partial charge in [-0.3, -0.25) is 4.79 Å². The van der Waals surface area contributed by atoms with Crippen LogP contribution in [0.5, 0.6) is 5.88 Å². The average Bonchev–Trinajstić information content (AvgIpc) is 2.67. The number of pyridine rings is 1. The zero-order chi connectivity index (χ0) is 18.4. The lowest BCUT2D eigenvalue weighted by molar-refractivity contribution is -0.136. The molecule has 132 valence electrons. The van der Waals surface area contributed by atoms with E-state index in [1.54, 1.807) is 12.1 Å². The van der Waals surface area contributed by atoms with Crippen molar-refractivity contribution in [3.05, 3.63) is 83.4 Å². The maximum Gasteiger partial charge on any atom is 0.307 e. The van der Waals surface area contributed by atoms with Crippen molar-refractivity contribution in [1.29, 1.82) is 0 Å². The molecule has 0 aliphatic heterocycles. The first kappa shape index (κ1) is 17.6. The van der Waals surface area contributed by atoms with Crippen LogP contribution in [0.25, 0.3) is 11.3 Å². The van der Waals surface area contributed by atoms with Crippen LogP contribution >= 0.6 is 0 Å². The van der Waals surface area contributed by atoms with E-state index in [0.717, 1.165) is 27.9 Å². The number of hydrogen-bond donors (Lipinski definition) is 2. The molecule has 0 saturated carbocycles. The number of rotatable bonds is 7. The zero-order valence-corrected chi connectivity index (χ0v) is 14.3. The number of aromatic nitrogens is 1. The highest BCUT2D eigenvalue weighted by Gasteiger charge is 2.08. The number of hydrogen-bond acceptors (Lipinski definition) is 4. The van der Waals surface area contributed by atoms with Gasteiger partial charge in [0.05, 0.1) is 12.1 Å². The molecule has 0 fully saturated rings. The molecule has 0 radical (unpaired) electrons. The Morgan fingerprint density at radius 1 is 1.00 bits per heavy atom. The molecule has 0 unspecified atom stereocenters. The summed E-state index contributed by atoms with van der Waals surface area (Å²) in [5.41, 5.74) is 10.1. The molecular formula is C21H20N2O3. The summed E-state index contributed by atoms with van der Waals surface area (Å²) >= 11 is 0. The number of aliphatic carboxylic acids is 1. The fourth-order valence-corrected chi connectivity index (χ4v) is 2.70. The van der Waals surface area contributed by atoms with Gasteiger partial charge in [-0.25, -0.2) is 4.98 Å². The van der Waals surface area contributed by atoms with Crippen molar-refractivity contribution in [3.63, 3.8) is 0 Å². The topological polar surface area (TPSA) is 85.4 Å². The molecule has 3 rings (SSSR count). The molecule has 0 aliphatic carbocycles. The molecular weight excluding hydrogens is 328 g/mol. The molecule has 3 aromatic rings. The van der Waals surface area contributed by atoms with Crippen LogP contribution in [0.15, 0.2) is 66.7 Å². The maximum absolute atomic E-state index is 11.0. The van der Waals surface area contributed by atoms with Gasteiger partial charge in [0.2, 0.25) is 5.88 Å². The average molecular weight is 348 g/mol. The summed E-state index contributed by atoms with van der Waals surface area (Å²) in [6.07, 6.45) is -0.0289. The number of carboxylic acid groups (broad SMARTS) is 1. The molecule has 2 aromatic carbocycles. The molecule has 0 saturated heterocycles. The molecule has 0 spiro atoms. The molecule has 26 heavy (non-hydrogen) atoms. The molecule has 1 heterocycles. The van der Waals surface area contributed by atoms with E-state index in [1.807, 2.05) is 54.6 Å². The largest absolute Gasteiger partial charge is 0.481 e. The van der Waals surface area contributed by atoms with Gasteiger partial charge in [0.1, 0.15) is 6.61 Å². The highest BCUT2D eigenvalue weighted by Crippen LogP contribution is 2.22.